The Balaban J connectivity index is 1.53. The molecule has 0 atom stereocenters. The second-order valence-corrected chi connectivity index (χ2v) is 11.7. The average Bonchev–Trinajstić information content (AvgIpc) is 2.81. The van der Waals surface area contributed by atoms with E-state index in [2.05, 4.69) is 30.8 Å². The Morgan fingerprint density at radius 2 is 1.56 bits per heavy atom. The number of nitrogens with one attached hydrogen (secondary N) is 2. The predicted molar refractivity (Wildman–Crippen MR) is 133 cm³/mol. The van der Waals surface area contributed by atoms with Crippen molar-refractivity contribution >= 4 is 21.8 Å². The van der Waals surface area contributed by atoms with Crippen LogP contribution in [0.2, 0.25) is 0 Å². The quantitative estimate of drug-likeness (QED) is 0.628. The highest BCUT2D eigenvalue weighted by Gasteiger charge is 2.24. The van der Waals surface area contributed by atoms with Gasteiger partial charge >= 0.3 is 0 Å². The fourth-order valence-electron chi connectivity index (χ4n) is 3.97. The van der Waals surface area contributed by atoms with Crippen molar-refractivity contribution in [3.8, 4) is 0 Å². The van der Waals surface area contributed by atoms with Gasteiger partial charge in [0, 0.05) is 38.7 Å². The lowest BCUT2D eigenvalue weighted by atomic mass is 9.87. The average molecular weight is 486 g/mol. The van der Waals surface area contributed by atoms with Crippen LogP contribution < -0.4 is 10.0 Å². The molecule has 3 rings (SSSR count). The Morgan fingerprint density at radius 3 is 2.09 bits per heavy atom. The van der Waals surface area contributed by atoms with Crippen LogP contribution in [0.25, 0.3) is 0 Å². The number of benzene rings is 2. The van der Waals surface area contributed by atoms with Gasteiger partial charge < -0.3 is 10.2 Å². The highest BCUT2D eigenvalue weighted by molar-refractivity contribution is 7.89. The van der Waals surface area contributed by atoms with Gasteiger partial charge in [0.2, 0.25) is 15.9 Å². The lowest BCUT2D eigenvalue weighted by Crippen LogP contribution is -2.41. The first-order chi connectivity index (χ1) is 16.0. The molecule has 0 unspecified atom stereocenters. The maximum atomic E-state index is 12.8. The number of amides is 2. The van der Waals surface area contributed by atoms with E-state index in [0.29, 0.717) is 31.1 Å². The molecule has 34 heavy (non-hydrogen) atoms. The predicted octanol–water partition coefficient (Wildman–Crippen LogP) is 3.45. The van der Waals surface area contributed by atoms with Crippen molar-refractivity contribution in [2.75, 3.05) is 19.6 Å². The Bertz CT molecular complexity index is 1100. The van der Waals surface area contributed by atoms with Gasteiger partial charge in [-0.3, -0.25) is 9.59 Å². The minimum Gasteiger partial charge on any atom is -0.356 e. The number of piperidine rings is 1. The van der Waals surface area contributed by atoms with Crippen LogP contribution in [-0.4, -0.2) is 44.8 Å². The van der Waals surface area contributed by atoms with Crippen LogP contribution in [-0.2, 0) is 26.8 Å². The van der Waals surface area contributed by atoms with Crippen LogP contribution in [0.1, 0.15) is 62.0 Å². The third kappa shape index (κ3) is 6.90. The lowest BCUT2D eigenvalue weighted by molar-refractivity contribution is -0.119. The van der Waals surface area contributed by atoms with Crippen LogP contribution in [0.5, 0.6) is 0 Å². The molecular weight excluding hydrogens is 450 g/mol. The molecule has 0 saturated carbocycles. The fraction of sp³-hybridized carbons (Fsp3) is 0.462. The Morgan fingerprint density at radius 1 is 0.971 bits per heavy atom. The monoisotopic (exact) mass is 485 g/mol. The van der Waals surface area contributed by atoms with E-state index >= 15 is 0 Å². The number of rotatable bonds is 7. The second-order valence-electron chi connectivity index (χ2n) is 9.97. The standard InChI is InChI=1S/C26H35N3O4S/c1-19(30)27-17-21-13-15-29(16-14-21)25(31)22-7-5-20(6-8-22)18-28-34(32,33)24-11-9-23(10-12-24)26(2,3)4/h5-12,21,28H,13-18H2,1-4H3,(H,27,30). The molecule has 0 aliphatic carbocycles. The summed E-state index contributed by atoms with van der Waals surface area (Å²) in [5, 5.41) is 2.85. The number of sulfonamides is 1. The fourth-order valence-corrected chi connectivity index (χ4v) is 4.99. The Hall–Kier alpha value is -2.71. The maximum Gasteiger partial charge on any atom is 0.253 e. The van der Waals surface area contributed by atoms with Crippen LogP contribution in [0, 0.1) is 5.92 Å². The highest BCUT2D eigenvalue weighted by Crippen LogP contribution is 2.23. The van der Waals surface area contributed by atoms with Gasteiger partial charge in [-0.1, -0.05) is 45.0 Å². The minimum atomic E-state index is -3.63. The zero-order valence-corrected chi connectivity index (χ0v) is 21.2. The van der Waals surface area contributed by atoms with Crippen molar-refractivity contribution in [3.05, 3.63) is 65.2 Å². The molecule has 0 bridgehead atoms. The van der Waals surface area contributed by atoms with Crippen LogP contribution in [0.3, 0.4) is 0 Å². The van der Waals surface area contributed by atoms with Gasteiger partial charge in [-0.05, 0) is 59.6 Å². The van der Waals surface area contributed by atoms with E-state index in [4.69, 9.17) is 0 Å². The van der Waals surface area contributed by atoms with Gasteiger partial charge in [-0.2, -0.15) is 0 Å². The number of carbonyl (C=O) groups excluding carboxylic acids is 2. The molecule has 8 heteroatoms. The third-order valence-corrected chi connectivity index (χ3v) is 7.66. The summed E-state index contributed by atoms with van der Waals surface area (Å²) in [6.45, 7) is 9.89. The SMILES string of the molecule is CC(=O)NCC1CCN(C(=O)c2ccc(CNS(=O)(=O)c3ccc(C(C)(C)C)cc3)cc2)CC1. The number of nitrogens with zero attached hydrogens (tertiary/aromatic N) is 1. The molecule has 2 aromatic rings. The van der Waals surface area contributed by atoms with Crippen LogP contribution in [0.15, 0.2) is 53.4 Å². The first-order valence-electron chi connectivity index (χ1n) is 11.7. The summed E-state index contributed by atoms with van der Waals surface area (Å²) in [7, 11) is -3.63. The number of likely N-dealkylation sites (tertiary alicyclic amines) is 1. The third-order valence-electron chi connectivity index (χ3n) is 6.24. The van der Waals surface area contributed by atoms with Gasteiger partial charge in [0.05, 0.1) is 4.90 Å². The van der Waals surface area contributed by atoms with E-state index in [1.165, 1.54) is 6.92 Å². The van der Waals surface area contributed by atoms with Gasteiger partial charge in [-0.25, -0.2) is 13.1 Å². The van der Waals surface area contributed by atoms with E-state index in [0.717, 1.165) is 24.0 Å². The summed E-state index contributed by atoms with van der Waals surface area (Å²) in [6.07, 6.45) is 1.73. The van der Waals surface area contributed by atoms with E-state index in [-0.39, 0.29) is 28.7 Å². The Labute approximate surface area is 203 Å². The summed E-state index contributed by atoms with van der Waals surface area (Å²) in [5.74, 6) is 0.344. The first-order valence-corrected chi connectivity index (χ1v) is 13.2. The highest BCUT2D eigenvalue weighted by atomic mass is 32.2. The van der Waals surface area contributed by atoms with E-state index in [9.17, 15) is 18.0 Å². The molecule has 2 amide bonds. The van der Waals surface area contributed by atoms with E-state index in [1.54, 1.807) is 36.4 Å². The van der Waals surface area contributed by atoms with Crippen molar-refractivity contribution in [1.82, 2.24) is 14.9 Å². The van der Waals surface area contributed by atoms with E-state index < -0.39 is 10.0 Å². The summed E-state index contributed by atoms with van der Waals surface area (Å²) < 4.78 is 28.0. The molecule has 1 aliphatic heterocycles. The van der Waals surface area contributed by atoms with Crippen molar-refractivity contribution in [2.45, 2.75) is 57.4 Å². The molecule has 1 saturated heterocycles. The van der Waals surface area contributed by atoms with Gasteiger partial charge in [0.1, 0.15) is 0 Å². The van der Waals surface area contributed by atoms with Crippen LogP contribution >= 0.6 is 0 Å². The molecular formula is C26H35N3O4S. The molecule has 1 heterocycles. The number of hydrogen-bond donors (Lipinski definition) is 2. The molecule has 7 nitrogen and oxygen atoms in total. The largest absolute Gasteiger partial charge is 0.356 e. The smallest absolute Gasteiger partial charge is 0.253 e. The van der Waals surface area contributed by atoms with E-state index in [1.807, 2.05) is 17.0 Å². The van der Waals surface area contributed by atoms with Crippen molar-refractivity contribution in [1.29, 1.82) is 0 Å². The lowest BCUT2D eigenvalue weighted by Gasteiger charge is -2.32. The summed E-state index contributed by atoms with van der Waals surface area (Å²) in [6, 6.07) is 14.0. The molecule has 1 fully saturated rings. The van der Waals surface area contributed by atoms with Crippen molar-refractivity contribution < 1.29 is 18.0 Å². The van der Waals surface area contributed by atoms with Crippen molar-refractivity contribution in [2.24, 2.45) is 5.92 Å². The van der Waals surface area contributed by atoms with Crippen LogP contribution in [0.4, 0.5) is 0 Å². The zero-order valence-electron chi connectivity index (χ0n) is 20.4. The minimum absolute atomic E-state index is 0.0240. The van der Waals surface area contributed by atoms with Gasteiger partial charge in [0.25, 0.3) is 5.91 Å². The molecule has 184 valence electrons. The number of hydrogen-bond acceptors (Lipinski definition) is 4. The molecule has 2 aromatic carbocycles. The molecule has 0 spiro atoms. The Kier molecular flexibility index (Phi) is 8.15. The van der Waals surface area contributed by atoms with Gasteiger partial charge in [0.15, 0.2) is 0 Å². The maximum absolute atomic E-state index is 12.8. The normalized spacial score (nSPS) is 15.2. The van der Waals surface area contributed by atoms with Gasteiger partial charge in [-0.15, -0.1) is 0 Å². The van der Waals surface area contributed by atoms with Crippen molar-refractivity contribution in [3.63, 3.8) is 0 Å². The zero-order chi connectivity index (χ0) is 24.9. The molecule has 1 aliphatic rings. The number of carbonyl (C=O) groups is 2. The first kappa shape index (κ1) is 25.9. The molecule has 0 aromatic heterocycles. The summed E-state index contributed by atoms with van der Waals surface area (Å²) >= 11 is 0. The molecule has 2 N–H and O–H groups in total. The summed E-state index contributed by atoms with van der Waals surface area (Å²) in [5.41, 5.74) is 2.39. The molecule has 0 radical (unpaired) electrons. The topological polar surface area (TPSA) is 95.6 Å². The second kappa shape index (κ2) is 10.7. The summed E-state index contributed by atoms with van der Waals surface area (Å²) in [4.78, 5) is 26.0.